The van der Waals surface area contributed by atoms with Gasteiger partial charge in [-0.1, -0.05) is 26.0 Å². The summed E-state index contributed by atoms with van der Waals surface area (Å²) in [5.74, 6) is 1.63. The predicted molar refractivity (Wildman–Crippen MR) is 72.3 cm³/mol. The molecule has 0 aromatic heterocycles. The summed E-state index contributed by atoms with van der Waals surface area (Å²) in [4.78, 5) is 1.35. The van der Waals surface area contributed by atoms with Gasteiger partial charge in [-0.15, -0.1) is 11.8 Å². The monoisotopic (exact) mass is 238 g/mol. The molecule has 90 valence electrons. The van der Waals surface area contributed by atoms with Gasteiger partial charge in [0.25, 0.3) is 0 Å². The van der Waals surface area contributed by atoms with Crippen molar-refractivity contribution >= 4 is 11.8 Å². The number of rotatable bonds is 6. The zero-order valence-electron chi connectivity index (χ0n) is 10.7. The Hall–Kier alpha value is -0.470. The summed E-state index contributed by atoms with van der Waals surface area (Å²) in [6, 6.07) is 8.79. The van der Waals surface area contributed by atoms with Gasteiger partial charge < -0.3 is 4.74 Å². The molecule has 0 heterocycles. The van der Waals surface area contributed by atoms with Gasteiger partial charge in [0.15, 0.2) is 0 Å². The highest BCUT2D eigenvalue weighted by atomic mass is 32.2. The number of hydrogen-bond donors (Lipinski definition) is 0. The number of benzene rings is 1. The van der Waals surface area contributed by atoms with Crippen molar-refractivity contribution in [2.24, 2.45) is 0 Å². The molecule has 16 heavy (non-hydrogen) atoms. The van der Waals surface area contributed by atoms with Crippen molar-refractivity contribution in [1.29, 1.82) is 0 Å². The molecule has 1 nitrogen and oxygen atoms in total. The Labute approximate surface area is 104 Å². The Morgan fingerprint density at radius 2 is 1.94 bits per heavy atom. The van der Waals surface area contributed by atoms with Crippen molar-refractivity contribution in [3.05, 3.63) is 29.8 Å². The molecule has 0 N–H and O–H groups in total. The van der Waals surface area contributed by atoms with Crippen LogP contribution in [0.5, 0.6) is 0 Å². The molecule has 0 aliphatic carbocycles. The van der Waals surface area contributed by atoms with E-state index in [9.17, 15) is 0 Å². The fourth-order valence-corrected chi connectivity index (χ4v) is 2.22. The second-order valence-electron chi connectivity index (χ2n) is 4.50. The van der Waals surface area contributed by atoms with E-state index in [0.717, 1.165) is 12.4 Å². The normalized spacial score (nSPS) is 11.4. The third kappa shape index (κ3) is 5.04. The largest absolute Gasteiger partial charge is 0.378 e. The number of hydrogen-bond acceptors (Lipinski definition) is 2. The van der Waals surface area contributed by atoms with Crippen LogP contribution in [0.25, 0.3) is 0 Å². The first-order chi connectivity index (χ1) is 7.59. The average Bonchev–Trinajstić information content (AvgIpc) is 2.24. The minimum Gasteiger partial charge on any atom is -0.378 e. The minimum atomic E-state index is 0.336. The van der Waals surface area contributed by atoms with Crippen LogP contribution in [0.2, 0.25) is 0 Å². The molecule has 0 unspecified atom stereocenters. The van der Waals surface area contributed by atoms with Crippen LogP contribution in [0.3, 0.4) is 0 Å². The Morgan fingerprint density at radius 1 is 1.19 bits per heavy atom. The SMILES string of the molecule is CC(C)OCCSc1cccc(C(C)C)c1. The zero-order chi connectivity index (χ0) is 12.0. The van der Waals surface area contributed by atoms with Crippen LogP contribution >= 0.6 is 11.8 Å². The summed E-state index contributed by atoms with van der Waals surface area (Å²) >= 11 is 1.87. The summed E-state index contributed by atoms with van der Waals surface area (Å²) in [5, 5.41) is 0. The summed E-state index contributed by atoms with van der Waals surface area (Å²) in [7, 11) is 0. The average molecular weight is 238 g/mol. The number of ether oxygens (including phenoxy) is 1. The smallest absolute Gasteiger partial charge is 0.0563 e. The molecular weight excluding hydrogens is 216 g/mol. The summed E-state index contributed by atoms with van der Waals surface area (Å²) in [6.07, 6.45) is 0.336. The van der Waals surface area contributed by atoms with Crippen LogP contribution < -0.4 is 0 Å². The van der Waals surface area contributed by atoms with Gasteiger partial charge >= 0.3 is 0 Å². The van der Waals surface area contributed by atoms with Crippen LogP contribution in [0.4, 0.5) is 0 Å². The quantitative estimate of drug-likeness (QED) is 0.539. The fourth-order valence-electron chi connectivity index (χ4n) is 1.41. The summed E-state index contributed by atoms with van der Waals surface area (Å²) in [6.45, 7) is 9.43. The highest BCUT2D eigenvalue weighted by Gasteiger charge is 2.01. The topological polar surface area (TPSA) is 9.23 Å². The fraction of sp³-hybridized carbons (Fsp3) is 0.571. The molecule has 0 aliphatic heterocycles. The second-order valence-corrected chi connectivity index (χ2v) is 5.66. The van der Waals surface area contributed by atoms with E-state index in [4.69, 9.17) is 4.74 Å². The van der Waals surface area contributed by atoms with E-state index >= 15 is 0 Å². The van der Waals surface area contributed by atoms with Gasteiger partial charge in [0.1, 0.15) is 0 Å². The van der Waals surface area contributed by atoms with Gasteiger partial charge in [-0.05, 0) is 37.5 Å². The molecule has 1 aromatic carbocycles. The van der Waals surface area contributed by atoms with E-state index in [1.165, 1.54) is 10.5 Å². The summed E-state index contributed by atoms with van der Waals surface area (Å²) in [5.41, 5.74) is 1.41. The van der Waals surface area contributed by atoms with Gasteiger partial charge in [0.2, 0.25) is 0 Å². The molecule has 0 atom stereocenters. The maximum absolute atomic E-state index is 5.52. The van der Waals surface area contributed by atoms with Crippen LogP contribution in [0.15, 0.2) is 29.2 Å². The molecule has 0 aliphatic rings. The van der Waals surface area contributed by atoms with E-state index in [1.54, 1.807) is 0 Å². The molecule has 0 fully saturated rings. The van der Waals surface area contributed by atoms with Crippen LogP contribution in [0, 0.1) is 0 Å². The second kappa shape index (κ2) is 6.97. The molecule has 0 spiro atoms. The van der Waals surface area contributed by atoms with Crippen molar-refractivity contribution < 1.29 is 4.74 Å². The molecule has 0 bridgehead atoms. The Morgan fingerprint density at radius 3 is 2.56 bits per heavy atom. The molecule has 0 saturated heterocycles. The molecule has 0 saturated carbocycles. The molecule has 0 radical (unpaired) electrons. The highest BCUT2D eigenvalue weighted by Crippen LogP contribution is 2.22. The first kappa shape index (κ1) is 13.6. The highest BCUT2D eigenvalue weighted by molar-refractivity contribution is 7.99. The maximum atomic E-state index is 5.52. The van der Waals surface area contributed by atoms with Crippen molar-refractivity contribution in [2.45, 2.75) is 44.6 Å². The molecule has 1 aromatic rings. The van der Waals surface area contributed by atoms with Gasteiger partial charge in [0.05, 0.1) is 12.7 Å². The third-order valence-electron chi connectivity index (χ3n) is 2.33. The maximum Gasteiger partial charge on any atom is 0.0563 e. The number of thioether (sulfide) groups is 1. The summed E-state index contributed by atoms with van der Waals surface area (Å²) < 4.78 is 5.52. The molecule has 0 amide bonds. The Bertz CT molecular complexity index is 307. The van der Waals surface area contributed by atoms with Crippen LogP contribution in [-0.4, -0.2) is 18.5 Å². The van der Waals surface area contributed by atoms with Crippen molar-refractivity contribution in [3.63, 3.8) is 0 Å². The van der Waals surface area contributed by atoms with Gasteiger partial charge in [-0.25, -0.2) is 0 Å². The molecular formula is C14H22OS. The van der Waals surface area contributed by atoms with Crippen LogP contribution in [0.1, 0.15) is 39.2 Å². The van der Waals surface area contributed by atoms with E-state index in [2.05, 4.69) is 52.0 Å². The zero-order valence-corrected chi connectivity index (χ0v) is 11.5. The lowest BCUT2D eigenvalue weighted by Gasteiger charge is -2.09. The van der Waals surface area contributed by atoms with Crippen molar-refractivity contribution in [2.75, 3.05) is 12.4 Å². The first-order valence-corrected chi connectivity index (χ1v) is 6.92. The van der Waals surface area contributed by atoms with Crippen molar-refractivity contribution in [3.8, 4) is 0 Å². The van der Waals surface area contributed by atoms with E-state index in [0.29, 0.717) is 12.0 Å². The Kier molecular flexibility index (Phi) is 5.93. The van der Waals surface area contributed by atoms with Crippen LogP contribution in [-0.2, 0) is 4.74 Å². The molecule has 2 heteroatoms. The lowest BCUT2D eigenvalue weighted by molar-refractivity contribution is 0.0920. The third-order valence-corrected chi connectivity index (χ3v) is 3.29. The van der Waals surface area contributed by atoms with Gasteiger partial charge in [0, 0.05) is 10.6 Å². The van der Waals surface area contributed by atoms with Gasteiger partial charge in [-0.2, -0.15) is 0 Å². The lowest BCUT2D eigenvalue weighted by atomic mass is 10.0. The lowest BCUT2D eigenvalue weighted by Crippen LogP contribution is -2.05. The molecule has 1 rings (SSSR count). The van der Waals surface area contributed by atoms with E-state index in [-0.39, 0.29) is 0 Å². The standard InChI is InChI=1S/C14H22OS/c1-11(2)13-6-5-7-14(10-13)16-9-8-15-12(3)4/h5-7,10-12H,8-9H2,1-4H3. The van der Waals surface area contributed by atoms with E-state index < -0.39 is 0 Å². The predicted octanol–water partition coefficient (Wildman–Crippen LogP) is 4.33. The first-order valence-electron chi connectivity index (χ1n) is 5.94. The van der Waals surface area contributed by atoms with E-state index in [1.807, 2.05) is 11.8 Å². The minimum absolute atomic E-state index is 0.336. The van der Waals surface area contributed by atoms with Gasteiger partial charge in [-0.3, -0.25) is 0 Å². The van der Waals surface area contributed by atoms with Crippen molar-refractivity contribution in [1.82, 2.24) is 0 Å². The Balaban J connectivity index is 2.39.